The van der Waals surface area contributed by atoms with Crippen molar-refractivity contribution in [1.29, 1.82) is 0 Å². The first-order chi connectivity index (χ1) is 15.1. The number of aliphatic hydroxyl groups is 2. The lowest BCUT2D eigenvalue weighted by Gasteiger charge is -2.19. The Labute approximate surface area is 179 Å². The highest BCUT2D eigenvalue weighted by atomic mass is 16.5. The minimum Gasteiger partial charge on any atom is -0.467 e. The summed E-state index contributed by atoms with van der Waals surface area (Å²) in [6, 6.07) is 16.3. The van der Waals surface area contributed by atoms with Crippen LogP contribution >= 0.6 is 0 Å². The number of ether oxygens (including phenoxy) is 2. The summed E-state index contributed by atoms with van der Waals surface area (Å²) < 4.78 is 10.3. The van der Waals surface area contributed by atoms with E-state index in [-0.39, 0.29) is 25.1 Å². The van der Waals surface area contributed by atoms with Crippen molar-refractivity contribution in [2.45, 2.75) is 18.1 Å². The Morgan fingerprint density at radius 2 is 1.61 bits per heavy atom. The van der Waals surface area contributed by atoms with Gasteiger partial charge in [0.25, 0.3) is 0 Å². The first-order valence-electron chi connectivity index (χ1n) is 9.89. The third kappa shape index (κ3) is 4.35. The molecule has 2 unspecified atom stereocenters. The molecule has 1 aromatic heterocycles. The summed E-state index contributed by atoms with van der Waals surface area (Å²) in [6.45, 7) is -0.0191. The lowest BCUT2D eigenvalue weighted by atomic mass is 9.98. The number of rotatable bonds is 7. The van der Waals surface area contributed by atoms with Crippen LogP contribution in [0.5, 0.6) is 6.01 Å². The third-order valence-corrected chi connectivity index (χ3v) is 5.34. The van der Waals surface area contributed by atoms with Gasteiger partial charge in [0.2, 0.25) is 0 Å². The zero-order chi connectivity index (χ0) is 21.8. The Kier molecular flexibility index (Phi) is 6.11. The molecule has 1 aliphatic rings. The minimum atomic E-state index is -1.26. The van der Waals surface area contributed by atoms with E-state index in [2.05, 4.69) is 27.4 Å². The molecule has 2 atom stereocenters. The third-order valence-electron chi connectivity index (χ3n) is 5.34. The molecule has 0 aliphatic heterocycles. The highest BCUT2D eigenvalue weighted by Gasteiger charge is 2.29. The summed E-state index contributed by atoms with van der Waals surface area (Å²) >= 11 is 0. The van der Waals surface area contributed by atoms with Gasteiger partial charge in [-0.2, -0.15) is 0 Å². The maximum atomic E-state index is 12.2. The maximum Gasteiger partial charge on any atom is 0.407 e. The Bertz CT molecular complexity index is 1010. The number of carbonyl (C=O) groups excluding carboxylic acids is 1. The number of amides is 1. The Hall–Kier alpha value is -3.49. The zero-order valence-corrected chi connectivity index (χ0v) is 16.9. The van der Waals surface area contributed by atoms with Crippen LogP contribution in [0.4, 0.5) is 4.79 Å². The van der Waals surface area contributed by atoms with Crippen molar-refractivity contribution in [3.63, 3.8) is 0 Å². The van der Waals surface area contributed by atoms with Crippen LogP contribution < -0.4 is 10.1 Å². The molecule has 31 heavy (non-hydrogen) atoms. The van der Waals surface area contributed by atoms with E-state index >= 15 is 0 Å². The number of methoxy groups -OCH3 is 1. The standard InChI is InChI=1S/C23H23N3O5/c1-30-22-24-10-14(11-25-22)21(28)20(27)12-26-23(29)31-13-19-17-8-4-2-6-15(17)16-7-3-5-9-18(16)19/h2-11,19-21,27-28H,12-13H2,1H3,(H,26,29). The summed E-state index contributed by atoms with van der Waals surface area (Å²) in [5.41, 5.74) is 4.83. The van der Waals surface area contributed by atoms with Gasteiger partial charge in [0.15, 0.2) is 0 Å². The molecule has 3 aromatic rings. The van der Waals surface area contributed by atoms with E-state index in [0.717, 1.165) is 22.3 Å². The van der Waals surface area contributed by atoms with E-state index in [1.165, 1.54) is 19.5 Å². The monoisotopic (exact) mass is 421 g/mol. The van der Waals surface area contributed by atoms with Crippen molar-refractivity contribution in [1.82, 2.24) is 15.3 Å². The normalized spacial score (nSPS) is 14.3. The highest BCUT2D eigenvalue weighted by Crippen LogP contribution is 2.44. The number of nitrogens with zero attached hydrogens (tertiary/aromatic N) is 2. The van der Waals surface area contributed by atoms with Gasteiger partial charge in [-0.3, -0.25) is 0 Å². The quantitative estimate of drug-likeness (QED) is 0.537. The summed E-state index contributed by atoms with van der Waals surface area (Å²) in [4.78, 5) is 20.0. The number of hydrogen-bond acceptors (Lipinski definition) is 7. The van der Waals surface area contributed by atoms with Gasteiger partial charge in [0.05, 0.1) is 7.11 Å². The second-order valence-corrected chi connectivity index (χ2v) is 7.22. The molecule has 1 amide bonds. The fourth-order valence-electron chi connectivity index (χ4n) is 3.76. The van der Waals surface area contributed by atoms with Crippen LogP contribution in [0.15, 0.2) is 60.9 Å². The van der Waals surface area contributed by atoms with Crippen molar-refractivity contribution in [2.24, 2.45) is 0 Å². The van der Waals surface area contributed by atoms with E-state index in [0.29, 0.717) is 5.56 Å². The fourth-order valence-corrected chi connectivity index (χ4v) is 3.76. The van der Waals surface area contributed by atoms with Crippen LogP contribution in [0, 0.1) is 0 Å². The van der Waals surface area contributed by atoms with Crippen LogP contribution in [0.3, 0.4) is 0 Å². The maximum absolute atomic E-state index is 12.2. The topological polar surface area (TPSA) is 114 Å². The number of fused-ring (bicyclic) bond motifs is 3. The summed E-state index contributed by atoms with van der Waals surface area (Å²) in [5.74, 6) is -0.0508. The minimum absolute atomic E-state index is 0.0508. The van der Waals surface area contributed by atoms with Crippen LogP contribution in [0.1, 0.15) is 28.7 Å². The average molecular weight is 421 g/mol. The molecule has 160 valence electrons. The molecule has 1 heterocycles. The fraction of sp³-hybridized carbons (Fsp3) is 0.261. The summed E-state index contributed by atoms with van der Waals surface area (Å²) in [5, 5.41) is 22.9. The molecule has 8 nitrogen and oxygen atoms in total. The largest absolute Gasteiger partial charge is 0.467 e. The van der Waals surface area contributed by atoms with Gasteiger partial charge in [-0.15, -0.1) is 0 Å². The van der Waals surface area contributed by atoms with E-state index in [1.807, 2.05) is 36.4 Å². The number of aromatic nitrogens is 2. The van der Waals surface area contributed by atoms with Gasteiger partial charge in [0, 0.05) is 30.4 Å². The van der Waals surface area contributed by atoms with Crippen molar-refractivity contribution < 1.29 is 24.5 Å². The summed E-state index contributed by atoms with van der Waals surface area (Å²) in [7, 11) is 1.43. The van der Waals surface area contributed by atoms with Gasteiger partial charge in [-0.25, -0.2) is 14.8 Å². The van der Waals surface area contributed by atoms with Crippen LogP contribution in [-0.4, -0.2) is 52.6 Å². The van der Waals surface area contributed by atoms with Crippen LogP contribution in [0.25, 0.3) is 11.1 Å². The zero-order valence-electron chi connectivity index (χ0n) is 16.9. The van der Waals surface area contributed by atoms with E-state index < -0.39 is 18.3 Å². The van der Waals surface area contributed by atoms with Gasteiger partial charge in [-0.1, -0.05) is 48.5 Å². The lowest BCUT2D eigenvalue weighted by Crippen LogP contribution is -2.36. The molecule has 0 fully saturated rings. The number of alkyl carbamates (subject to hydrolysis) is 1. The van der Waals surface area contributed by atoms with Crippen LogP contribution in [0.2, 0.25) is 0 Å². The predicted molar refractivity (Wildman–Crippen MR) is 113 cm³/mol. The molecule has 0 bridgehead atoms. The number of nitrogens with one attached hydrogen (secondary N) is 1. The second-order valence-electron chi connectivity index (χ2n) is 7.22. The number of hydrogen-bond donors (Lipinski definition) is 3. The van der Waals surface area contributed by atoms with Crippen molar-refractivity contribution in [2.75, 3.05) is 20.3 Å². The Balaban J connectivity index is 1.32. The van der Waals surface area contributed by atoms with Crippen molar-refractivity contribution in [3.8, 4) is 17.1 Å². The van der Waals surface area contributed by atoms with E-state index in [4.69, 9.17) is 9.47 Å². The molecule has 1 aliphatic carbocycles. The number of benzene rings is 2. The molecule has 0 radical (unpaired) electrons. The van der Waals surface area contributed by atoms with Gasteiger partial charge >= 0.3 is 12.1 Å². The SMILES string of the molecule is COc1ncc(C(O)C(O)CNC(=O)OCC2c3ccccc3-c3ccccc32)cn1. The molecule has 2 aromatic carbocycles. The molecule has 0 saturated heterocycles. The molecule has 3 N–H and O–H groups in total. The second kappa shape index (κ2) is 9.11. The first-order valence-corrected chi connectivity index (χ1v) is 9.89. The molecule has 4 rings (SSSR count). The summed E-state index contributed by atoms with van der Waals surface area (Å²) in [6.07, 6.45) is -0.476. The Morgan fingerprint density at radius 1 is 1.03 bits per heavy atom. The van der Waals surface area contributed by atoms with Gasteiger partial charge < -0.3 is 25.0 Å². The highest BCUT2D eigenvalue weighted by molar-refractivity contribution is 5.79. The van der Waals surface area contributed by atoms with Crippen LogP contribution in [-0.2, 0) is 4.74 Å². The van der Waals surface area contributed by atoms with Gasteiger partial charge in [0.1, 0.15) is 18.8 Å². The van der Waals surface area contributed by atoms with E-state index in [1.54, 1.807) is 0 Å². The molecule has 8 heteroatoms. The average Bonchev–Trinajstić information content (AvgIpc) is 3.14. The number of carbonyl (C=O) groups is 1. The number of aliphatic hydroxyl groups excluding tert-OH is 2. The van der Waals surface area contributed by atoms with E-state index in [9.17, 15) is 15.0 Å². The van der Waals surface area contributed by atoms with Gasteiger partial charge in [-0.05, 0) is 22.3 Å². The first kappa shape index (κ1) is 20.8. The smallest absolute Gasteiger partial charge is 0.407 e. The lowest BCUT2D eigenvalue weighted by molar-refractivity contribution is 0.0181. The molecule has 0 saturated carbocycles. The molecule has 0 spiro atoms. The Morgan fingerprint density at radius 3 is 2.19 bits per heavy atom. The molecular formula is C23H23N3O5. The molecular weight excluding hydrogens is 398 g/mol. The van der Waals surface area contributed by atoms with Crippen molar-refractivity contribution in [3.05, 3.63) is 77.6 Å². The van der Waals surface area contributed by atoms with Crippen molar-refractivity contribution >= 4 is 6.09 Å². The predicted octanol–water partition coefficient (Wildman–Crippen LogP) is 2.42.